The molecule has 182 valence electrons. The Morgan fingerprint density at radius 1 is 1.09 bits per heavy atom. The zero-order chi connectivity index (χ0) is 25.2. The van der Waals surface area contributed by atoms with E-state index in [-0.39, 0.29) is 18.4 Å². The first-order valence-corrected chi connectivity index (χ1v) is 11.8. The highest BCUT2D eigenvalue weighted by molar-refractivity contribution is 6.01. The number of aromatic nitrogens is 4. The second-order valence-electron chi connectivity index (χ2n) is 9.51. The van der Waals surface area contributed by atoms with E-state index in [0.717, 1.165) is 17.5 Å². The van der Waals surface area contributed by atoms with Gasteiger partial charge in [-0.05, 0) is 69.2 Å². The zero-order valence-electron chi connectivity index (χ0n) is 20.9. The van der Waals surface area contributed by atoms with Gasteiger partial charge in [0.1, 0.15) is 12.1 Å². The van der Waals surface area contributed by atoms with Crippen LogP contribution in [0.3, 0.4) is 0 Å². The van der Waals surface area contributed by atoms with Gasteiger partial charge < -0.3 is 9.88 Å². The lowest BCUT2D eigenvalue weighted by Gasteiger charge is -2.34. The number of carbonyl (C=O) groups excluding carboxylic acids is 2. The molecule has 0 saturated heterocycles. The minimum atomic E-state index is -0.870. The maximum absolute atomic E-state index is 14.0. The van der Waals surface area contributed by atoms with Crippen LogP contribution in [0.2, 0.25) is 0 Å². The largest absolute Gasteiger partial charge is 0.352 e. The van der Waals surface area contributed by atoms with Crippen LogP contribution in [0.4, 0.5) is 5.69 Å². The Hall–Kier alpha value is -3.94. The molecule has 2 heterocycles. The molecule has 0 radical (unpaired) electrons. The Morgan fingerprint density at radius 3 is 2.54 bits per heavy atom. The normalized spacial score (nSPS) is 12.5. The molecule has 0 aliphatic rings. The lowest BCUT2D eigenvalue weighted by molar-refractivity contribution is -0.128. The molecule has 0 unspecified atom stereocenters. The van der Waals surface area contributed by atoms with E-state index in [2.05, 4.69) is 15.6 Å². The highest BCUT2D eigenvalue weighted by atomic mass is 16.2. The third-order valence-corrected chi connectivity index (χ3v) is 6.37. The number of fused-ring (bicyclic) bond motifs is 1. The molecule has 2 aromatic heterocycles. The molecule has 35 heavy (non-hydrogen) atoms. The Bertz CT molecular complexity index is 1350. The van der Waals surface area contributed by atoms with Crippen LogP contribution in [0.1, 0.15) is 44.5 Å². The lowest BCUT2D eigenvalue weighted by atomic mass is 10.00. The Morgan fingerprint density at radius 2 is 1.86 bits per heavy atom. The molecule has 0 bridgehead atoms. The third kappa shape index (κ3) is 5.11. The SMILES string of the molecule is CCC(C)(C)NC(=O)[C@H](c1cccn1C)N(C(=O)Cn1nnc2ccccc21)c1cccc(C)c1. The first kappa shape index (κ1) is 24.2. The van der Waals surface area contributed by atoms with E-state index in [9.17, 15) is 9.59 Å². The molecule has 8 heteroatoms. The summed E-state index contributed by atoms with van der Waals surface area (Å²) in [6.45, 7) is 7.90. The summed E-state index contributed by atoms with van der Waals surface area (Å²) in [7, 11) is 1.88. The molecule has 2 amide bonds. The van der Waals surface area contributed by atoms with E-state index in [1.165, 1.54) is 0 Å². The van der Waals surface area contributed by atoms with E-state index in [1.54, 1.807) is 9.58 Å². The van der Waals surface area contributed by atoms with Gasteiger partial charge in [-0.3, -0.25) is 14.5 Å². The topological polar surface area (TPSA) is 85.0 Å². The molecule has 0 aliphatic carbocycles. The summed E-state index contributed by atoms with van der Waals surface area (Å²) >= 11 is 0. The Labute approximate surface area is 205 Å². The van der Waals surface area contributed by atoms with Gasteiger partial charge in [-0.2, -0.15) is 0 Å². The highest BCUT2D eigenvalue weighted by Gasteiger charge is 2.36. The molecule has 1 N–H and O–H groups in total. The first-order valence-electron chi connectivity index (χ1n) is 11.8. The molecule has 0 fully saturated rings. The summed E-state index contributed by atoms with van der Waals surface area (Å²) in [4.78, 5) is 29.4. The molecule has 0 spiro atoms. The maximum atomic E-state index is 14.0. The van der Waals surface area contributed by atoms with Gasteiger partial charge in [0.05, 0.1) is 11.2 Å². The monoisotopic (exact) mass is 472 g/mol. The molecule has 8 nitrogen and oxygen atoms in total. The molecular weight excluding hydrogens is 440 g/mol. The van der Waals surface area contributed by atoms with Crippen molar-refractivity contribution in [3.05, 3.63) is 78.1 Å². The van der Waals surface area contributed by atoms with E-state index < -0.39 is 11.6 Å². The van der Waals surface area contributed by atoms with Gasteiger partial charge in [0, 0.05) is 24.5 Å². The van der Waals surface area contributed by atoms with E-state index in [1.807, 2.05) is 106 Å². The van der Waals surface area contributed by atoms with Crippen LogP contribution in [0.25, 0.3) is 11.0 Å². The number of hydrogen-bond donors (Lipinski definition) is 1. The molecule has 0 saturated carbocycles. The minimum absolute atomic E-state index is 0.0557. The first-order chi connectivity index (χ1) is 16.7. The van der Waals surface area contributed by atoms with Crippen molar-refractivity contribution in [3.8, 4) is 0 Å². The average molecular weight is 473 g/mol. The number of para-hydroxylation sites is 1. The average Bonchev–Trinajstić information content (AvgIpc) is 3.43. The number of aryl methyl sites for hydroxylation is 2. The summed E-state index contributed by atoms with van der Waals surface area (Å²) in [5.41, 5.74) is 3.40. The smallest absolute Gasteiger partial charge is 0.249 e. The van der Waals surface area contributed by atoms with E-state index >= 15 is 0 Å². The van der Waals surface area contributed by atoms with Crippen LogP contribution in [0.5, 0.6) is 0 Å². The predicted molar refractivity (Wildman–Crippen MR) is 137 cm³/mol. The van der Waals surface area contributed by atoms with Crippen LogP contribution in [-0.4, -0.2) is 36.9 Å². The number of amides is 2. The van der Waals surface area contributed by atoms with Crippen LogP contribution in [0, 0.1) is 6.92 Å². The van der Waals surface area contributed by atoms with Crippen molar-refractivity contribution < 1.29 is 9.59 Å². The molecule has 2 aromatic carbocycles. The zero-order valence-corrected chi connectivity index (χ0v) is 20.9. The Balaban J connectivity index is 1.81. The summed E-state index contributed by atoms with van der Waals surface area (Å²) in [5.74, 6) is -0.501. The van der Waals surface area contributed by atoms with Crippen molar-refractivity contribution in [2.24, 2.45) is 7.05 Å². The number of anilines is 1. The fraction of sp³-hybridized carbons (Fsp3) is 0.333. The second-order valence-corrected chi connectivity index (χ2v) is 9.51. The van der Waals surface area contributed by atoms with Crippen molar-refractivity contribution in [1.82, 2.24) is 24.9 Å². The number of nitrogens with one attached hydrogen (secondary N) is 1. The summed E-state index contributed by atoms with van der Waals surface area (Å²) in [6.07, 6.45) is 2.63. The maximum Gasteiger partial charge on any atom is 0.249 e. The quantitative estimate of drug-likeness (QED) is 0.417. The van der Waals surface area contributed by atoms with Crippen molar-refractivity contribution in [3.63, 3.8) is 0 Å². The molecule has 1 atom stereocenters. The van der Waals surface area contributed by atoms with E-state index in [0.29, 0.717) is 16.9 Å². The van der Waals surface area contributed by atoms with Crippen molar-refractivity contribution in [1.29, 1.82) is 0 Å². The molecule has 0 aliphatic heterocycles. The number of rotatable bonds is 8. The fourth-order valence-electron chi connectivity index (χ4n) is 4.09. The summed E-state index contributed by atoms with van der Waals surface area (Å²) in [5, 5.41) is 11.5. The number of hydrogen-bond acceptors (Lipinski definition) is 4. The minimum Gasteiger partial charge on any atom is -0.352 e. The molecule has 4 rings (SSSR count). The van der Waals surface area contributed by atoms with Crippen molar-refractivity contribution in [2.75, 3.05) is 4.90 Å². The highest BCUT2D eigenvalue weighted by Crippen LogP contribution is 2.30. The lowest BCUT2D eigenvalue weighted by Crippen LogP contribution is -2.51. The van der Waals surface area contributed by atoms with Gasteiger partial charge in [0.25, 0.3) is 0 Å². The molecule has 4 aromatic rings. The van der Waals surface area contributed by atoms with E-state index in [4.69, 9.17) is 0 Å². The van der Waals surface area contributed by atoms with Crippen LogP contribution in [-0.2, 0) is 23.2 Å². The van der Waals surface area contributed by atoms with Crippen LogP contribution >= 0.6 is 0 Å². The van der Waals surface area contributed by atoms with Gasteiger partial charge in [-0.25, -0.2) is 4.68 Å². The van der Waals surface area contributed by atoms with Gasteiger partial charge in [-0.15, -0.1) is 5.10 Å². The standard InChI is InChI=1S/C27H32N6O2/c1-6-27(3,4)28-26(35)25(23-15-10-16-31(23)5)33(20-12-9-11-19(2)17-20)24(34)18-32-22-14-8-7-13-21(22)29-30-32/h7-17,25H,6,18H2,1-5H3,(H,28,35)/t25-/m0/s1. The summed E-state index contributed by atoms with van der Waals surface area (Å²) < 4.78 is 3.46. The number of benzene rings is 2. The van der Waals surface area contributed by atoms with Gasteiger partial charge >= 0.3 is 0 Å². The molecular formula is C27H32N6O2. The Kier molecular flexibility index (Phi) is 6.73. The van der Waals surface area contributed by atoms with Gasteiger partial charge in [0.15, 0.2) is 6.04 Å². The van der Waals surface area contributed by atoms with Crippen LogP contribution < -0.4 is 10.2 Å². The fourth-order valence-corrected chi connectivity index (χ4v) is 4.09. The second kappa shape index (κ2) is 9.74. The predicted octanol–water partition coefficient (Wildman–Crippen LogP) is 4.16. The van der Waals surface area contributed by atoms with Crippen molar-refractivity contribution in [2.45, 2.75) is 52.2 Å². The number of carbonyl (C=O) groups is 2. The van der Waals surface area contributed by atoms with Gasteiger partial charge in [-0.1, -0.05) is 36.4 Å². The van der Waals surface area contributed by atoms with Crippen molar-refractivity contribution >= 4 is 28.5 Å². The summed E-state index contributed by atoms with van der Waals surface area (Å²) in [6, 6.07) is 18.0. The van der Waals surface area contributed by atoms with Crippen LogP contribution in [0.15, 0.2) is 66.9 Å². The third-order valence-electron chi connectivity index (χ3n) is 6.37. The number of nitrogens with zero attached hydrogens (tertiary/aromatic N) is 5. The van der Waals surface area contributed by atoms with Gasteiger partial charge in [0.2, 0.25) is 11.8 Å².